The Bertz CT molecular complexity index is 122. The van der Waals surface area contributed by atoms with Crippen molar-refractivity contribution in [2.45, 2.75) is 65.2 Å². The number of hydrogen-bond acceptors (Lipinski definition) is 2. The smallest absolute Gasteiger partial charge is 0.0437 e. The average molecular weight is 244 g/mol. The predicted octanol–water partition coefficient (Wildman–Crippen LogP) is 4.33. The maximum atomic E-state index is 8.53. The molecule has 0 fully saturated rings. The molecular formula is C15H32O2. The zero-order valence-electron chi connectivity index (χ0n) is 11.9. The molecule has 2 heteroatoms. The predicted molar refractivity (Wildman–Crippen MR) is 76.4 cm³/mol. The molecule has 0 spiro atoms. The SMILES string of the molecule is C=CCCCCCCCCCO.CCOCC. The van der Waals surface area contributed by atoms with E-state index in [1.54, 1.807) is 0 Å². The van der Waals surface area contributed by atoms with E-state index in [2.05, 4.69) is 6.58 Å². The van der Waals surface area contributed by atoms with Gasteiger partial charge in [-0.05, 0) is 33.1 Å². The molecule has 0 bridgehead atoms. The first-order valence-electron chi connectivity index (χ1n) is 7.12. The molecular weight excluding hydrogens is 212 g/mol. The molecule has 2 nitrogen and oxygen atoms in total. The van der Waals surface area contributed by atoms with Crippen LogP contribution in [-0.2, 0) is 4.74 Å². The van der Waals surface area contributed by atoms with Gasteiger partial charge in [0.05, 0.1) is 0 Å². The number of rotatable bonds is 11. The monoisotopic (exact) mass is 244 g/mol. The second-order valence-corrected chi connectivity index (χ2v) is 4.06. The number of allylic oxidation sites excluding steroid dienone is 1. The lowest BCUT2D eigenvalue weighted by Crippen LogP contribution is -1.84. The summed E-state index contributed by atoms with van der Waals surface area (Å²) in [6, 6.07) is 0. The van der Waals surface area contributed by atoms with E-state index < -0.39 is 0 Å². The van der Waals surface area contributed by atoms with E-state index in [-0.39, 0.29) is 0 Å². The summed E-state index contributed by atoms with van der Waals surface area (Å²) in [6.07, 6.45) is 11.9. The van der Waals surface area contributed by atoms with E-state index in [1.165, 1.54) is 38.5 Å². The summed E-state index contributed by atoms with van der Waals surface area (Å²) in [7, 11) is 0. The highest BCUT2D eigenvalue weighted by molar-refractivity contribution is 4.65. The molecule has 104 valence electrons. The maximum Gasteiger partial charge on any atom is 0.0437 e. The average Bonchev–Trinajstić information content (AvgIpc) is 2.34. The highest BCUT2D eigenvalue weighted by Crippen LogP contribution is 2.08. The molecule has 0 aliphatic rings. The third-order valence-electron chi connectivity index (χ3n) is 2.47. The first kappa shape index (κ1) is 19.0. The van der Waals surface area contributed by atoms with Gasteiger partial charge in [0.15, 0.2) is 0 Å². The summed E-state index contributed by atoms with van der Waals surface area (Å²) >= 11 is 0. The molecule has 0 aliphatic heterocycles. The van der Waals surface area contributed by atoms with Gasteiger partial charge in [0, 0.05) is 19.8 Å². The van der Waals surface area contributed by atoms with Crippen LogP contribution in [-0.4, -0.2) is 24.9 Å². The molecule has 0 heterocycles. The molecule has 0 unspecified atom stereocenters. The molecule has 0 aliphatic carbocycles. The van der Waals surface area contributed by atoms with Gasteiger partial charge < -0.3 is 9.84 Å². The molecule has 17 heavy (non-hydrogen) atoms. The highest BCUT2D eigenvalue weighted by atomic mass is 16.5. The van der Waals surface area contributed by atoms with E-state index in [0.29, 0.717) is 6.61 Å². The lowest BCUT2D eigenvalue weighted by molar-refractivity contribution is 0.162. The van der Waals surface area contributed by atoms with Crippen LogP contribution in [0.2, 0.25) is 0 Å². The van der Waals surface area contributed by atoms with Gasteiger partial charge in [-0.1, -0.05) is 38.2 Å². The van der Waals surface area contributed by atoms with Crippen molar-refractivity contribution >= 4 is 0 Å². The number of aliphatic hydroxyl groups excluding tert-OH is 1. The molecule has 0 amide bonds. The Labute approximate surface area is 108 Å². The minimum atomic E-state index is 0.358. The Morgan fingerprint density at radius 3 is 1.71 bits per heavy atom. The van der Waals surface area contributed by atoms with Gasteiger partial charge in [0.1, 0.15) is 0 Å². The second-order valence-electron chi connectivity index (χ2n) is 4.06. The Hall–Kier alpha value is -0.340. The minimum Gasteiger partial charge on any atom is -0.396 e. The molecule has 0 radical (unpaired) electrons. The summed E-state index contributed by atoms with van der Waals surface area (Å²) in [5, 5.41) is 8.53. The van der Waals surface area contributed by atoms with E-state index >= 15 is 0 Å². The number of aliphatic hydroxyl groups is 1. The van der Waals surface area contributed by atoms with Gasteiger partial charge in [-0.2, -0.15) is 0 Å². The fraction of sp³-hybridized carbons (Fsp3) is 0.867. The van der Waals surface area contributed by atoms with Crippen LogP contribution >= 0.6 is 0 Å². The van der Waals surface area contributed by atoms with Crippen LogP contribution < -0.4 is 0 Å². The lowest BCUT2D eigenvalue weighted by atomic mass is 10.1. The summed E-state index contributed by atoms with van der Waals surface area (Å²) in [4.78, 5) is 0. The number of hydrogen-bond donors (Lipinski definition) is 1. The number of ether oxygens (including phenoxy) is 1. The van der Waals surface area contributed by atoms with Gasteiger partial charge in [-0.3, -0.25) is 0 Å². The van der Waals surface area contributed by atoms with Crippen molar-refractivity contribution in [2.24, 2.45) is 0 Å². The third-order valence-corrected chi connectivity index (χ3v) is 2.47. The molecule has 0 saturated heterocycles. The fourth-order valence-corrected chi connectivity index (χ4v) is 1.49. The van der Waals surface area contributed by atoms with Crippen LogP contribution in [0.15, 0.2) is 12.7 Å². The summed E-state index contributed by atoms with van der Waals surface area (Å²) in [6.45, 7) is 9.72. The standard InChI is InChI=1S/C11H22O.C4H10O/c1-2-3-4-5-6-7-8-9-10-11-12;1-3-5-4-2/h2,12H,1,3-11H2;3-4H2,1-2H3. The van der Waals surface area contributed by atoms with E-state index in [1.807, 2.05) is 19.9 Å². The van der Waals surface area contributed by atoms with Gasteiger partial charge in [0.2, 0.25) is 0 Å². The normalized spacial score (nSPS) is 9.59. The summed E-state index contributed by atoms with van der Waals surface area (Å²) in [5.41, 5.74) is 0. The first-order chi connectivity index (χ1) is 8.33. The lowest BCUT2D eigenvalue weighted by Gasteiger charge is -1.99. The van der Waals surface area contributed by atoms with Crippen molar-refractivity contribution in [3.05, 3.63) is 12.7 Å². The topological polar surface area (TPSA) is 29.5 Å². The van der Waals surface area contributed by atoms with Gasteiger partial charge in [-0.15, -0.1) is 6.58 Å². The largest absolute Gasteiger partial charge is 0.396 e. The second kappa shape index (κ2) is 21.0. The third kappa shape index (κ3) is 25.7. The molecule has 1 N–H and O–H groups in total. The molecule has 0 atom stereocenters. The Morgan fingerprint density at radius 1 is 0.882 bits per heavy atom. The highest BCUT2D eigenvalue weighted by Gasteiger charge is 1.89. The van der Waals surface area contributed by atoms with Crippen LogP contribution in [0, 0.1) is 0 Å². The zero-order valence-corrected chi connectivity index (χ0v) is 11.9. The quantitative estimate of drug-likeness (QED) is 0.433. The molecule has 0 saturated carbocycles. The van der Waals surface area contributed by atoms with Crippen molar-refractivity contribution in [3.8, 4) is 0 Å². The number of unbranched alkanes of at least 4 members (excludes halogenated alkanes) is 7. The molecule has 0 aromatic heterocycles. The molecule has 0 aromatic carbocycles. The van der Waals surface area contributed by atoms with Crippen LogP contribution in [0.25, 0.3) is 0 Å². The molecule has 0 rings (SSSR count). The van der Waals surface area contributed by atoms with E-state index in [9.17, 15) is 0 Å². The van der Waals surface area contributed by atoms with Gasteiger partial charge >= 0.3 is 0 Å². The summed E-state index contributed by atoms with van der Waals surface area (Å²) in [5.74, 6) is 0. The van der Waals surface area contributed by atoms with Crippen LogP contribution in [0.1, 0.15) is 65.2 Å². The van der Waals surface area contributed by atoms with Crippen LogP contribution in [0.5, 0.6) is 0 Å². The van der Waals surface area contributed by atoms with Gasteiger partial charge in [-0.25, -0.2) is 0 Å². The Kier molecular flexibility index (Phi) is 23.5. The van der Waals surface area contributed by atoms with Crippen molar-refractivity contribution in [1.29, 1.82) is 0 Å². The van der Waals surface area contributed by atoms with Crippen LogP contribution in [0.4, 0.5) is 0 Å². The minimum absolute atomic E-state index is 0.358. The molecule has 0 aromatic rings. The van der Waals surface area contributed by atoms with Gasteiger partial charge in [0.25, 0.3) is 0 Å². The van der Waals surface area contributed by atoms with Crippen LogP contribution in [0.3, 0.4) is 0 Å². The Balaban J connectivity index is 0. The van der Waals surface area contributed by atoms with E-state index in [0.717, 1.165) is 26.1 Å². The zero-order chi connectivity index (χ0) is 13.2. The maximum absolute atomic E-state index is 8.53. The van der Waals surface area contributed by atoms with Crippen molar-refractivity contribution < 1.29 is 9.84 Å². The van der Waals surface area contributed by atoms with Crippen molar-refractivity contribution in [3.63, 3.8) is 0 Å². The Morgan fingerprint density at radius 2 is 1.35 bits per heavy atom. The van der Waals surface area contributed by atoms with Crippen molar-refractivity contribution in [1.82, 2.24) is 0 Å². The first-order valence-corrected chi connectivity index (χ1v) is 7.12. The summed E-state index contributed by atoms with van der Waals surface area (Å²) < 4.78 is 4.83. The van der Waals surface area contributed by atoms with E-state index in [4.69, 9.17) is 9.84 Å². The fourth-order valence-electron chi connectivity index (χ4n) is 1.49. The van der Waals surface area contributed by atoms with Crippen molar-refractivity contribution in [2.75, 3.05) is 19.8 Å².